The maximum absolute atomic E-state index is 9.64. The van der Waals surface area contributed by atoms with E-state index in [-0.39, 0.29) is 0 Å². The van der Waals surface area contributed by atoms with Gasteiger partial charge in [-0.05, 0) is 18.2 Å². The normalized spacial score (nSPS) is 15.0. The molecule has 0 bridgehead atoms. The van der Waals surface area contributed by atoms with Crippen LogP contribution < -0.4 is 9.47 Å². The van der Waals surface area contributed by atoms with E-state index in [1.54, 1.807) is 25.3 Å². The zero-order chi connectivity index (χ0) is 20.6. The SMILES string of the molecule is COc1ccc(/C(C#N)=C/c2c(Cl)cncc2Cl)nc1OCCN1CCOCC1. The zero-order valence-electron chi connectivity index (χ0n) is 15.9. The summed E-state index contributed by atoms with van der Waals surface area (Å²) in [7, 11) is 1.54. The monoisotopic (exact) mass is 434 g/mol. The summed E-state index contributed by atoms with van der Waals surface area (Å²) in [6.45, 7) is 4.41. The number of hydrogen-bond acceptors (Lipinski definition) is 7. The Bertz CT molecular complexity index is 904. The van der Waals surface area contributed by atoms with E-state index in [0.29, 0.717) is 45.1 Å². The van der Waals surface area contributed by atoms with Gasteiger partial charge in [-0.15, -0.1) is 0 Å². The summed E-state index contributed by atoms with van der Waals surface area (Å²) in [5, 5.41) is 10.3. The summed E-state index contributed by atoms with van der Waals surface area (Å²) in [6, 6.07) is 5.54. The first kappa shape index (κ1) is 21.3. The second kappa shape index (κ2) is 10.4. The topological polar surface area (TPSA) is 80.5 Å². The first-order chi connectivity index (χ1) is 14.1. The molecule has 9 heteroatoms. The smallest absolute Gasteiger partial charge is 0.257 e. The van der Waals surface area contributed by atoms with Gasteiger partial charge in [0.05, 0.1) is 41.6 Å². The predicted octanol–water partition coefficient (Wildman–Crippen LogP) is 3.57. The number of halogens is 2. The minimum Gasteiger partial charge on any atom is -0.491 e. The van der Waals surface area contributed by atoms with Crippen LogP contribution in [0.25, 0.3) is 11.6 Å². The van der Waals surface area contributed by atoms with Crippen LogP contribution >= 0.6 is 23.2 Å². The molecule has 1 fully saturated rings. The fourth-order valence-corrected chi connectivity index (χ4v) is 3.27. The second-order valence-electron chi connectivity index (χ2n) is 6.19. The van der Waals surface area contributed by atoms with Crippen molar-refractivity contribution in [3.8, 4) is 17.7 Å². The van der Waals surface area contributed by atoms with Gasteiger partial charge in [0.2, 0.25) is 0 Å². The van der Waals surface area contributed by atoms with Gasteiger partial charge in [0.25, 0.3) is 5.88 Å². The highest BCUT2D eigenvalue weighted by Crippen LogP contribution is 2.30. The number of allylic oxidation sites excluding steroid dienone is 1. The van der Waals surface area contributed by atoms with Crippen LogP contribution in [0, 0.1) is 11.3 Å². The summed E-state index contributed by atoms with van der Waals surface area (Å²) in [4.78, 5) is 10.6. The minimum atomic E-state index is 0.292. The summed E-state index contributed by atoms with van der Waals surface area (Å²) >= 11 is 12.3. The standard InChI is InChI=1S/C20H20Cl2N4O3/c1-27-19-3-2-18(14(11-23)10-15-16(21)12-24-13-17(15)22)25-20(19)29-9-6-26-4-7-28-8-5-26/h2-3,10,12-13H,4-9H2,1H3/b14-10+. The molecule has 29 heavy (non-hydrogen) atoms. The van der Waals surface area contributed by atoms with E-state index in [0.717, 1.165) is 32.8 Å². The molecule has 0 saturated carbocycles. The number of nitriles is 1. The van der Waals surface area contributed by atoms with Gasteiger partial charge in [0, 0.05) is 37.6 Å². The van der Waals surface area contributed by atoms with Crippen molar-refractivity contribution in [2.24, 2.45) is 0 Å². The molecular formula is C20H20Cl2N4O3. The molecule has 0 amide bonds. The fourth-order valence-electron chi connectivity index (χ4n) is 2.80. The minimum absolute atomic E-state index is 0.292. The molecule has 3 heterocycles. The van der Waals surface area contributed by atoms with Gasteiger partial charge in [-0.2, -0.15) is 5.26 Å². The van der Waals surface area contributed by atoms with Crippen LogP contribution in [0.3, 0.4) is 0 Å². The molecule has 0 radical (unpaired) electrons. The van der Waals surface area contributed by atoms with Crippen LogP contribution in [0.5, 0.6) is 11.6 Å². The second-order valence-corrected chi connectivity index (χ2v) is 7.01. The molecule has 7 nitrogen and oxygen atoms in total. The molecule has 0 atom stereocenters. The molecule has 0 aromatic carbocycles. The van der Waals surface area contributed by atoms with Gasteiger partial charge >= 0.3 is 0 Å². The molecule has 0 aliphatic carbocycles. The van der Waals surface area contributed by atoms with Crippen molar-refractivity contribution in [1.29, 1.82) is 5.26 Å². The lowest BCUT2D eigenvalue weighted by Crippen LogP contribution is -2.38. The lowest BCUT2D eigenvalue weighted by atomic mass is 10.1. The number of morpholine rings is 1. The highest BCUT2D eigenvalue weighted by molar-refractivity contribution is 6.37. The first-order valence-electron chi connectivity index (χ1n) is 9.01. The lowest BCUT2D eigenvalue weighted by molar-refractivity contribution is 0.0318. The molecule has 1 aliphatic rings. The van der Waals surface area contributed by atoms with Crippen LogP contribution in [-0.4, -0.2) is 61.4 Å². The Kier molecular flexibility index (Phi) is 7.67. The summed E-state index contributed by atoms with van der Waals surface area (Å²) < 4.78 is 16.5. The molecule has 0 unspecified atom stereocenters. The molecule has 152 valence electrons. The Morgan fingerprint density at radius 1 is 1.28 bits per heavy atom. The van der Waals surface area contributed by atoms with Gasteiger partial charge < -0.3 is 14.2 Å². The van der Waals surface area contributed by atoms with Crippen molar-refractivity contribution in [2.45, 2.75) is 0 Å². The Morgan fingerprint density at radius 3 is 2.66 bits per heavy atom. The Labute approximate surface area is 179 Å². The Morgan fingerprint density at radius 2 is 2.00 bits per heavy atom. The lowest BCUT2D eigenvalue weighted by Gasteiger charge is -2.26. The van der Waals surface area contributed by atoms with E-state index >= 15 is 0 Å². The zero-order valence-corrected chi connectivity index (χ0v) is 17.4. The fraction of sp³-hybridized carbons (Fsp3) is 0.350. The number of aromatic nitrogens is 2. The highest BCUT2D eigenvalue weighted by atomic mass is 35.5. The average Bonchev–Trinajstić information content (AvgIpc) is 2.74. The maximum Gasteiger partial charge on any atom is 0.257 e. The predicted molar refractivity (Wildman–Crippen MR) is 111 cm³/mol. The van der Waals surface area contributed by atoms with E-state index in [9.17, 15) is 5.26 Å². The van der Waals surface area contributed by atoms with E-state index in [1.807, 2.05) is 0 Å². The van der Waals surface area contributed by atoms with Crippen molar-refractivity contribution < 1.29 is 14.2 Å². The number of hydrogen-bond donors (Lipinski definition) is 0. The van der Waals surface area contributed by atoms with E-state index in [4.69, 9.17) is 37.4 Å². The quantitative estimate of drug-likeness (QED) is 0.615. The van der Waals surface area contributed by atoms with Crippen LogP contribution in [0.4, 0.5) is 0 Å². The van der Waals surface area contributed by atoms with E-state index in [2.05, 4.69) is 20.9 Å². The van der Waals surface area contributed by atoms with Gasteiger partial charge in [0.15, 0.2) is 5.75 Å². The van der Waals surface area contributed by atoms with Gasteiger partial charge in [-0.3, -0.25) is 9.88 Å². The number of rotatable bonds is 7. The van der Waals surface area contributed by atoms with Crippen molar-refractivity contribution in [1.82, 2.24) is 14.9 Å². The third-order valence-electron chi connectivity index (χ3n) is 4.37. The molecule has 2 aromatic heterocycles. The maximum atomic E-state index is 9.64. The summed E-state index contributed by atoms with van der Waals surface area (Å²) in [6.07, 6.45) is 4.52. The molecule has 0 spiro atoms. The Balaban J connectivity index is 1.80. The van der Waals surface area contributed by atoms with Crippen LogP contribution in [-0.2, 0) is 4.74 Å². The number of pyridine rings is 2. The largest absolute Gasteiger partial charge is 0.491 e. The van der Waals surface area contributed by atoms with Crippen LogP contribution in [0.15, 0.2) is 24.5 Å². The highest BCUT2D eigenvalue weighted by Gasteiger charge is 2.14. The average molecular weight is 435 g/mol. The third-order valence-corrected chi connectivity index (χ3v) is 4.97. The third kappa shape index (κ3) is 5.58. The van der Waals surface area contributed by atoms with Crippen molar-refractivity contribution in [3.63, 3.8) is 0 Å². The van der Waals surface area contributed by atoms with Crippen molar-refractivity contribution in [2.75, 3.05) is 46.6 Å². The number of ether oxygens (including phenoxy) is 3. The number of methoxy groups -OCH3 is 1. The molecule has 1 saturated heterocycles. The van der Waals surface area contributed by atoms with E-state index < -0.39 is 0 Å². The first-order valence-corrected chi connectivity index (χ1v) is 9.77. The van der Waals surface area contributed by atoms with E-state index in [1.165, 1.54) is 12.4 Å². The molecule has 0 N–H and O–H groups in total. The molecule has 2 aromatic rings. The van der Waals surface area contributed by atoms with Crippen molar-refractivity contribution >= 4 is 34.9 Å². The van der Waals surface area contributed by atoms with Gasteiger partial charge in [0.1, 0.15) is 12.7 Å². The molecule has 3 rings (SSSR count). The number of nitrogens with zero attached hydrogens (tertiary/aromatic N) is 4. The van der Waals surface area contributed by atoms with Crippen molar-refractivity contribution in [3.05, 3.63) is 45.8 Å². The van der Waals surface area contributed by atoms with Crippen LogP contribution in [0.2, 0.25) is 10.0 Å². The van der Waals surface area contributed by atoms with Gasteiger partial charge in [-0.25, -0.2) is 4.98 Å². The van der Waals surface area contributed by atoms with Crippen LogP contribution in [0.1, 0.15) is 11.3 Å². The Hall–Kier alpha value is -2.37. The summed E-state index contributed by atoms with van der Waals surface area (Å²) in [5.74, 6) is 0.819. The van der Waals surface area contributed by atoms with Gasteiger partial charge in [-0.1, -0.05) is 23.2 Å². The summed E-state index contributed by atoms with van der Waals surface area (Å²) in [5.41, 5.74) is 1.23. The molecule has 1 aliphatic heterocycles. The molecular weight excluding hydrogens is 415 g/mol.